The molecule has 1 heterocycles. The molecule has 1 rings (SSSR count). The highest BCUT2D eigenvalue weighted by Crippen LogP contribution is 2.16. The second-order valence-electron chi connectivity index (χ2n) is 4.50. The summed E-state index contributed by atoms with van der Waals surface area (Å²) in [6.07, 6.45) is 6.81. The second-order valence-corrected chi connectivity index (χ2v) is 5.36. The van der Waals surface area contributed by atoms with Crippen LogP contribution in [0.25, 0.3) is 6.08 Å². The van der Waals surface area contributed by atoms with Crippen molar-refractivity contribution in [1.82, 2.24) is 10.3 Å². The Kier molecular flexibility index (Phi) is 8.11. The molecule has 0 aromatic carbocycles. The Morgan fingerprint density at radius 3 is 3.10 bits per heavy atom. The molecule has 1 aromatic heterocycles. The molecule has 0 saturated heterocycles. The molecule has 0 aliphatic heterocycles. The lowest BCUT2D eigenvalue weighted by Gasteiger charge is -2.00. The molecule has 4 N–H and O–H groups in total. The van der Waals surface area contributed by atoms with Crippen LogP contribution in [0.5, 0.6) is 0 Å². The zero-order chi connectivity index (χ0) is 15.5. The van der Waals surface area contributed by atoms with E-state index in [-0.39, 0.29) is 5.91 Å². The van der Waals surface area contributed by atoms with Crippen LogP contribution in [0.4, 0.5) is 5.13 Å². The summed E-state index contributed by atoms with van der Waals surface area (Å²) in [5, 5.41) is 8.39. The Labute approximate surface area is 129 Å². The number of aromatic nitrogens is 1. The van der Waals surface area contributed by atoms with Crippen molar-refractivity contribution in [3.63, 3.8) is 0 Å². The number of thiazole rings is 1. The fraction of sp³-hybridized carbons (Fsp3) is 0.500. The zero-order valence-electron chi connectivity index (χ0n) is 12.6. The van der Waals surface area contributed by atoms with Gasteiger partial charge in [-0.2, -0.15) is 0 Å². The van der Waals surface area contributed by atoms with Crippen molar-refractivity contribution < 1.29 is 4.79 Å². The summed E-state index contributed by atoms with van der Waals surface area (Å²) in [6, 6.07) is 0. The quantitative estimate of drug-likeness (QED) is 0.390. The number of aliphatic imine (C=N–C) groups is 1. The molecule has 0 fully saturated rings. The lowest BCUT2D eigenvalue weighted by molar-refractivity contribution is -0.118. The largest absolute Gasteiger partial charge is 0.370 e. The fourth-order valence-corrected chi connectivity index (χ4v) is 2.15. The molecule has 0 saturated carbocycles. The summed E-state index contributed by atoms with van der Waals surface area (Å²) in [5.74, 6) is 0.389. The van der Waals surface area contributed by atoms with Crippen molar-refractivity contribution in [3.05, 3.63) is 17.2 Å². The smallest absolute Gasteiger partial charge is 0.216 e. The number of unbranched alkanes of at least 4 members (excludes halogenated alkanes) is 1. The minimum Gasteiger partial charge on any atom is -0.370 e. The Morgan fingerprint density at radius 2 is 2.38 bits per heavy atom. The van der Waals surface area contributed by atoms with Crippen LogP contribution in [0.15, 0.2) is 16.4 Å². The first-order valence-electron chi connectivity index (χ1n) is 7.05. The molecular formula is C14H23N5OS. The third-order valence-electron chi connectivity index (χ3n) is 2.52. The number of guanidine groups is 1. The normalized spacial score (nSPS) is 11.8. The first-order valence-corrected chi connectivity index (χ1v) is 7.93. The van der Waals surface area contributed by atoms with Crippen molar-refractivity contribution >= 4 is 34.4 Å². The van der Waals surface area contributed by atoms with Gasteiger partial charge in [-0.15, -0.1) is 11.3 Å². The van der Waals surface area contributed by atoms with Crippen molar-refractivity contribution in [2.75, 3.05) is 18.4 Å². The fourth-order valence-electron chi connectivity index (χ4n) is 1.46. The number of anilines is 1. The molecule has 116 valence electrons. The summed E-state index contributed by atoms with van der Waals surface area (Å²) in [4.78, 5) is 19.3. The highest BCUT2D eigenvalue weighted by atomic mass is 32.1. The molecule has 0 radical (unpaired) electrons. The number of carbonyl (C=O) groups excluding carboxylic acids is 1. The molecule has 6 nitrogen and oxygen atoms in total. The summed E-state index contributed by atoms with van der Waals surface area (Å²) < 4.78 is 0. The molecule has 0 atom stereocenters. The van der Waals surface area contributed by atoms with Gasteiger partial charge in [-0.1, -0.05) is 19.4 Å². The van der Waals surface area contributed by atoms with Crippen LogP contribution >= 0.6 is 11.3 Å². The van der Waals surface area contributed by atoms with E-state index in [0.29, 0.717) is 12.5 Å². The molecule has 0 aliphatic rings. The van der Waals surface area contributed by atoms with Gasteiger partial charge in [-0.05, 0) is 18.9 Å². The summed E-state index contributed by atoms with van der Waals surface area (Å²) >= 11 is 1.48. The number of nitrogens with two attached hydrogens (primary N) is 1. The standard InChI is InChI=1S/C14H23N5OS/c1-3-4-8-17-13(15)19-14-18-12(10-21-14)7-5-6-9-16-11(2)20/h5,7,10H,3-4,6,8-9H2,1-2H3,(H,16,20)(H3,15,17,18,19). The van der Waals surface area contributed by atoms with Gasteiger partial charge in [0.05, 0.1) is 5.69 Å². The van der Waals surface area contributed by atoms with E-state index in [0.717, 1.165) is 36.6 Å². The predicted octanol–water partition coefficient (Wildman–Crippen LogP) is 2.21. The Balaban J connectivity index is 2.37. The van der Waals surface area contributed by atoms with Crippen molar-refractivity contribution in [2.24, 2.45) is 10.7 Å². The molecular weight excluding hydrogens is 286 g/mol. The summed E-state index contributed by atoms with van der Waals surface area (Å²) in [5.41, 5.74) is 6.64. The molecule has 7 heteroatoms. The predicted molar refractivity (Wildman–Crippen MR) is 89.5 cm³/mol. The topological polar surface area (TPSA) is 92.4 Å². The van der Waals surface area contributed by atoms with Gasteiger partial charge in [0.25, 0.3) is 0 Å². The SMILES string of the molecule is CCCCN=C(N)Nc1nc(C=CCCNC(C)=O)cs1. The molecule has 21 heavy (non-hydrogen) atoms. The van der Waals surface area contributed by atoms with Crippen LogP contribution in [-0.4, -0.2) is 29.9 Å². The van der Waals surface area contributed by atoms with Gasteiger partial charge in [0, 0.05) is 25.4 Å². The Bertz CT molecular complexity index is 495. The monoisotopic (exact) mass is 309 g/mol. The van der Waals surface area contributed by atoms with Crippen LogP contribution in [0.3, 0.4) is 0 Å². The minimum absolute atomic E-state index is 0.0126. The van der Waals surface area contributed by atoms with Crippen LogP contribution in [0.2, 0.25) is 0 Å². The van der Waals surface area contributed by atoms with Gasteiger partial charge in [0.1, 0.15) is 0 Å². The number of nitrogens with zero attached hydrogens (tertiary/aromatic N) is 2. The van der Waals surface area contributed by atoms with E-state index >= 15 is 0 Å². The van der Waals surface area contributed by atoms with E-state index in [1.54, 1.807) is 0 Å². The Morgan fingerprint density at radius 1 is 1.57 bits per heavy atom. The maximum atomic E-state index is 10.7. The van der Waals surface area contributed by atoms with Crippen LogP contribution in [-0.2, 0) is 4.79 Å². The maximum absolute atomic E-state index is 10.7. The molecule has 1 aromatic rings. The van der Waals surface area contributed by atoms with E-state index < -0.39 is 0 Å². The van der Waals surface area contributed by atoms with E-state index in [1.165, 1.54) is 18.3 Å². The molecule has 0 bridgehead atoms. The molecule has 1 amide bonds. The molecule has 0 spiro atoms. The number of carbonyl (C=O) groups is 1. The lowest BCUT2D eigenvalue weighted by Crippen LogP contribution is -2.22. The zero-order valence-corrected chi connectivity index (χ0v) is 13.4. The molecule has 0 unspecified atom stereocenters. The van der Waals surface area contributed by atoms with E-state index in [9.17, 15) is 4.79 Å². The van der Waals surface area contributed by atoms with Gasteiger partial charge < -0.3 is 16.4 Å². The van der Waals surface area contributed by atoms with Crippen LogP contribution < -0.4 is 16.4 Å². The van der Waals surface area contributed by atoms with Gasteiger partial charge in [-0.3, -0.25) is 9.79 Å². The first kappa shape index (κ1) is 17.2. The van der Waals surface area contributed by atoms with Gasteiger partial charge in [0.15, 0.2) is 11.1 Å². The highest BCUT2D eigenvalue weighted by molar-refractivity contribution is 7.14. The minimum atomic E-state index is -0.0126. The van der Waals surface area contributed by atoms with Crippen molar-refractivity contribution in [2.45, 2.75) is 33.1 Å². The lowest BCUT2D eigenvalue weighted by atomic mass is 10.3. The van der Waals surface area contributed by atoms with Crippen molar-refractivity contribution in [3.8, 4) is 0 Å². The second kappa shape index (κ2) is 9.93. The summed E-state index contributed by atoms with van der Waals surface area (Å²) in [7, 11) is 0. The van der Waals surface area contributed by atoms with Gasteiger partial charge >= 0.3 is 0 Å². The first-order chi connectivity index (χ1) is 10.1. The van der Waals surface area contributed by atoms with Crippen LogP contribution in [0.1, 0.15) is 38.8 Å². The van der Waals surface area contributed by atoms with Gasteiger partial charge in [-0.25, -0.2) is 4.98 Å². The third-order valence-corrected chi connectivity index (χ3v) is 3.30. The maximum Gasteiger partial charge on any atom is 0.216 e. The Hall–Kier alpha value is -1.89. The molecule has 0 aliphatic carbocycles. The average Bonchev–Trinajstić information content (AvgIpc) is 2.86. The van der Waals surface area contributed by atoms with Crippen molar-refractivity contribution in [1.29, 1.82) is 0 Å². The average molecular weight is 309 g/mol. The number of nitrogens with one attached hydrogen (secondary N) is 2. The van der Waals surface area contributed by atoms with Crippen LogP contribution in [0, 0.1) is 0 Å². The highest BCUT2D eigenvalue weighted by Gasteiger charge is 2.00. The third kappa shape index (κ3) is 8.09. The number of hydrogen-bond donors (Lipinski definition) is 3. The van der Waals surface area contributed by atoms with E-state index in [2.05, 4.69) is 27.5 Å². The van der Waals surface area contributed by atoms with Gasteiger partial charge in [0.2, 0.25) is 5.91 Å². The number of amides is 1. The number of hydrogen-bond acceptors (Lipinski definition) is 4. The summed E-state index contributed by atoms with van der Waals surface area (Å²) in [6.45, 7) is 4.99. The van der Waals surface area contributed by atoms with E-state index in [1.807, 2.05) is 17.5 Å². The number of rotatable bonds is 8. The van der Waals surface area contributed by atoms with E-state index in [4.69, 9.17) is 5.73 Å².